The smallest absolute Gasteiger partial charge is 0.207 e. The molecular formula is C13H17ClF3NO2S. The van der Waals surface area contributed by atoms with Gasteiger partial charge >= 0.3 is 6.18 Å². The zero-order valence-corrected chi connectivity index (χ0v) is 13.5. The van der Waals surface area contributed by atoms with Gasteiger partial charge in [0.15, 0.2) is 0 Å². The Morgan fingerprint density at radius 2 is 1.81 bits per heavy atom. The third-order valence-electron chi connectivity index (χ3n) is 3.23. The largest absolute Gasteiger partial charge is 0.390 e. The highest BCUT2D eigenvalue weighted by Gasteiger charge is 2.31. The third-order valence-corrected chi connectivity index (χ3v) is 5.52. The molecule has 0 N–H and O–H groups in total. The molecule has 0 saturated heterocycles. The summed E-state index contributed by atoms with van der Waals surface area (Å²) in [5.74, 6) is 0.135. The van der Waals surface area contributed by atoms with Gasteiger partial charge in [-0.25, -0.2) is 12.7 Å². The minimum atomic E-state index is -4.40. The van der Waals surface area contributed by atoms with Crippen LogP contribution in [0.1, 0.15) is 23.1 Å². The van der Waals surface area contributed by atoms with Crippen LogP contribution >= 0.6 is 11.6 Å². The van der Waals surface area contributed by atoms with Gasteiger partial charge in [0.05, 0.1) is 11.3 Å². The number of benzene rings is 1. The second-order valence-electron chi connectivity index (χ2n) is 4.86. The number of aryl methyl sites for hydroxylation is 1. The molecule has 0 unspecified atom stereocenters. The predicted octanol–water partition coefficient (Wildman–Crippen LogP) is 3.62. The van der Waals surface area contributed by atoms with E-state index in [-0.39, 0.29) is 10.8 Å². The molecule has 120 valence electrons. The Hall–Kier alpha value is -0.790. The van der Waals surface area contributed by atoms with Crippen LogP contribution in [-0.4, -0.2) is 32.5 Å². The Morgan fingerprint density at radius 3 is 2.29 bits per heavy atom. The Morgan fingerprint density at radius 1 is 1.24 bits per heavy atom. The topological polar surface area (TPSA) is 37.4 Å². The van der Waals surface area contributed by atoms with Gasteiger partial charge in [-0.15, -0.1) is 11.6 Å². The van der Waals surface area contributed by atoms with Crippen LogP contribution in [-0.2, 0) is 15.9 Å². The van der Waals surface area contributed by atoms with Crippen molar-refractivity contribution in [2.24, 2.45) is 0 Å². The van der Waals surface area contributed by atoms with Crippen molar-refractivity contribution >= 4 is 21.6 Å². The molecule has 0 heterocycles. The van der Waals surface area contributed by atoms with Crippen molar-refractivity contribution in [3.63, 3.8) is 0 Å². The van der Waals surface area contributed by atoms with E-state index in [0.717, 1.165) is 16.9 Å². The summed E-state index contributed by atoms with van der Waals surface area (Å²) in [6, 6.07) is 3.17. The maximum absolute atomic E-state index is 12.4. The first-order valence-corrected chi connectivity index (χ1v) is 8.15. The van der Waals surface area contributed by atoms with E-state index in [1.54, 1.807) is 19.9 Å². The summed E-state index contributed by atoms with van der Waals surface area (Å²) in [6.45, 7) is 2.74. The predicted molar refractivity (Wildman–Crippen MR) is 76.0 cm³/mol. The van der Waals surface area contributed by atoms with Crippen molar-refractivity contribution in [3.05, 3.63) is 28.8 Å². The van der Waals surface area contributed by atoms with Gasteiger partial charge in [-0.1, -0.05) is 6.07 Å². The normalized spacial score (nSPS) is 13.0. The molecule has 8 heteroatoms. The molecule has 0 spiro atoms. The lowest BCUT2D eigenvalue weighted by Crippen LogP contribution is -2.31. The maximum Gasteiger partial charge on any atom is 0.390 e. The summed E-state index contributed by atoms with van der Waals surface area (Å²) >= 11 is 5.72. The summed E-state index contributed by atoms with van der Waals surface area (Å²) in [5.41, 5.74) is 1.86. The summed E-state index contributed by atoms with van der Waals surface area (Å²) < 4.78 is 62.2. The molecule has 0 aliphatic rings. The lowest BCUT2D eigenvalue weighted by Gasteiger charge is -2.20. The van der Waals surface area contributed by atoms with Gasteiger partial charge in [0.1, 0.15) is 0 Å². The fourth-order valence-corrected chi connectivity index (χ4v) is 3.49. The Labute approximate surface area is 127 Å². The molecule has 0 radical (unpaired) electrons. The number of hydrogen-bond donors (Lipinski definition) is 0. The highest BCUT2D eigenvalue weighted by Crippen LogP contribution is 2.26. The highest BCUT2D eigenvalue weighted by molar-refractivity contribution is 7.89. The minimum absolute atomic E-state index is 0.00262. The monoisotopic (exact) mass is 343 g/mol. The van der Waals surface area contributed by atoms with Gasteiger partial charge in [-0.3, -0.25) is 0 Å². The fourth-order valence-electron chi connectivity index (χ4n) is 1.82. The number of nitrogens with zero attached hydrogens (tertiary/aromatic N) is 1. The summed E-state index contributed by atoms with van der Waals surface area (Å²) in [6.07, 6.45) is -5.58. The molecule has 21 heavy (non-hydrogen) atoms. The Bertz CT molecular complexity index is 615. The van der Waals surface area contributed by atoms with Crippen molar-refractivity contribution in [2.45, 2.75) is 37.2 Å². The summed E-state index contributed by atoms with van der Waals surface area (Å²) in [5, 5.41) is 0. The zero-order valence-electron chi connectivity index (χ0n) is 12.0. The first-order chi connectivity index (χ1) is 9.49. The first kappa shape index (κ1) is 18.3. The van der Waals surface area contributed by atoms with Gasteiger partial charge in [0.25, 0.3) is 0 Å². The minimum Gasteiger partial charge on any atom is -0.207 e. The van der Waals surface area contributed by atoms with Crippen LogP contribution in [0, 0.1) is 13.8 Å². The van der Waals surface area contributed by atoms with E-state index in [4.69, 9.17) is 11.6 Å². The molecule has 0 amide bonds. The SMILES string of the molecule is Cc1cc(CCl)cc(S(=O)(=O)N(C)CCC(F)(F)F)c1C. The number of hydrogen-bond acceptors (Lipinski definition) is 2. The summed E-state index contributed by atoms with van der Waals surface area (Å²) in [7, 11) is -2.83. The summed E-state index contributed by atoms with van der Waals surface area (Å²) in [4.78, 5) is 0.00262. The first-order valence-electron chi connectivity index (χ1n) is 6.18. The van der Waals surface area contributed by atoms with Crippen molar-refractivity contribution in [3.8, 4) is 0 Å². The van der Waals surface area contributed by atoms with Gasteiger partial charge in [0.2, 0.25) is 10.0 Å². The number of halogens is 4. The van der Waals surface area contributed by atoms with E-state index in [2.05, 4.69) is 0 Å². The Balaban J connectivity index is 3.16. The van der Waals surface area contributed by atoms with Crippen molar-refractivity contribution in [1.29, 1.82) is 0 Å². The van der Waals surface area contributed by atoms with E-state index < -0.39 is 29.2 Å². The average Bonchev–Trinajstić information content (AvgIpc) is 2.37. The zero-order chi connectivity index (χ0) is 16.4. The second-order valence-corrected chi connectivity index (χ2v) is 7.14. The second kappa shape index (κ2) is 6.54. The van der Waals surface area contributed by atoms with Crippen molar-refractivity contribution < 1.29 is 21.6 Å². The molecule has 0 aliphatic carbocycles. The lowest BCUT2D eigenvalue weighted by atomic mass is 10.1. The van der Waals surface area contributed by atoms with E-state index >= 15 is 0 Å². The number of sulfonamides is 1. The molecule has 1 aromatic rings. The molecule has 0 fully saturated rings. The molecule has 0 aromatic heterocycles. The van der Waals surface area contributed by atoms with Gasteiger partial charge in [-0.05, 0) is 36.6 Å². The molecule has 0 saturated carbocycles. The van der Waals surface area contributed by atoms with Crippen LogP contribution in [0.3, 0.4) is 0 Å². The van der Waals surface area contributed by atoms with Crippen LogP contribution in [0.4, 0.5) is 13.2 Å². The molecule has 1 aromatic carbocycles. The number of alkyl halides is 4. The van der Waals surface area contributed by atoms with Crippen molar-refractivity contribution in [1.82, 2.24) is 4.31 Å². The fraction of sp³-hybridized carbons (Fsp3) is 0.538. The van der Waals surface area contributed by atoms with Gasteiger partial charge in [0, 0.05) is 19.5 Å². The van der Waals surface area contributed by atoms with Gasteiger partial charge < -0.3 is 0 Å². The molecular weight excluding hydrogens is 327 g/mol. The van der Waals surface area contributed by atoms with Crippen LogP contribution in [0.25, 0.3) is 0 Å². The third kappa shape index (κ3) is 4.59. The lowest BCUT2D eigenvalue weighted by molar-refractivity contribution is -0.135. The van der Waals surface area contributed by atoms with E-state index in [1.165, 1.54) is 6.07 Å². The molecule has 0 aliphatic heterocycles. The van der Waals surface area contributed by atoms with Crippen molar-refractivity contribution in [2.75, 3.05) is 13.6 Å². The molecule has 1 rings (SSSR count). The van der Waals surface area contributed by atoms with Gasteiger partial charge in [-0.2, -0.15) is 13.2 Å². The number of rotatable bonds is 5. The molecule has 3 nitrogen and oxygen atoms in total. The maximum atomic E-state index is 12.4. The molecule has 0 atom stereocenters. The van der Waals surface area contributed by atoms with Crippen LogP contribution in [0.2, 0.25) is 0 Å². The van der Waals surface area contributed by atoms with E-state index in [0.29, 0.717) is 11.1 Å². The Kier molecular flexibility index (Phi) is 5.69. The average molecular weight is 344 g/mol. The van der Waals surface area contributed by atoms with Crippen LogP contribution in [0.15, 0.2) is 17.0 Å². The standard InChI is InChI=1S/C13H17ClF3NO2S/c1-9-6-11(8-14)7-12(10(9)2)21(19,20)18(3)5-4-13(15,16)17/h6-7H,4-5,8H2,1-3H3. The van der Waals surface area contributed by atoms with E-state index in [9.17, 15) is 21.6 Å². The van der Waals surface area contributed by atoms with E-state index in [1.807, 2.05) is 0 Å². The highest BCUT2D eigenvalue weighted by atomic mass is 35.5. The van der Waals surface area contributed by atoms with Crippen LogP contribution < -0.4 is 0 Å². The molecule has 0 bridgehead atoms. The van der Waals surface area contributed by atoms with Crippen LogP contribution in [0.5, 0.6) is 0 Å². The quantitative estimate of drug-likeness (QED) is 0.766.